The smallest absolute Gasteiger partial charge is 0.328 e. The largest absolute Gasteiger partial charge is 0.459 e. The molecule has 1 aromatic heterocycles. The summed E-state index contributed by atoms with van der Waals surface area (Å²) >= 11 is 0. The molecule has 2 rings (SSSR count). The number of rotatable bonds is 4. The summed E-state index contributed by atoms with van der Waals surface area (Å²) in [6.07, 6.45) is 3.73. The number of hydrogen-bond acceptors (Lipinski definition) is 4. The van der Waals surface area contributed by atoms with Crippen molar-refractivity contribution in [3.8, 4) is 0 Å². The molecule has 0 aromatic carbocycles. The average Bonchev–Trinajstić information content (AvgIpc) is 3.10. The molecule has 0 aliphatic heterocycles. The number of carbonyl (C=O) groups is 1. The quantitative estimate of drug-likeness (QED) is 0.855. The number of nitrogens with zero attached hydrogens (tertiary/aromatic N) is 2. The van der Waals surface area contributed by atoms with Crippen LogP contribution in [0.1, 0.15) is 45.0 Å². The average molecular weight is 279 g/mol. The lowest BCUT2D eigenvalue weighted by Crippen LogP contribution is -2.56. The summed E-state index contributed by atoms with van der Waals surface area (Å²) in [5.74, 6) is -0.0993. The van der Waals surface area contributed by atoms with Gasteiger partial charge in [-0.2, -0.15) is 0 Å². The van der Waals surface area contributed by atoms with E-state index in [4.69, 9.17) is 10.5 Å². The maximum Gasteiger partial charge on any atom is 0.328 e. The summed E-state index contributed by atoms with van der Waals surface area (Å²) in [7, 11) is 0. The molecule has 0 saturated heterocycles. The minimum atomic E-state index is -0.953. The molecule has 20 heavy (non-hydrogen) atoms. The van der Waals surface area contributed by atoms with E-state index in [9.17, 15) is 4.79 Å². The topological polar surface area (TPSA) is 70.1 Å². The van der Waals surface area contributed by atoms with E-state index in [1.807, 2.05) is 39.2 Å². The number of ether oxygens (including phenoxy) is 1. The van der Waals surface area contributed by atoms with Gasteiger partial charge in [0, 0.05) is 5.69 Å². The Kier molecular flexibility index (Phi) is 3.67. The van der Waals surface area contributed by atoms with E-state index in [-0.39, 0.29) is 11.9 Å². The van der Waals surface area contributed by atoms with Crippen molar-refractivity contribution in [2.45, 2.75) is 65.1 Å². The fourth-order valence-electron chi connectivity index (χ4n) is 2.32. The maximum absolute atomic E-state index is 12.5. The summed E-state index contributed by atoms with van der Waals surface area (Å²) in [5, 5.41) is 0. The fourth-order valence-corrected chi connectivity index (χ4v) is 2.32. The lowest BCUT2D eigenvalue weighted by atomic mass is 9.93. The molecule has 0 bridgehead atoms. The molecule has 1 aliphatic carbocycles. The minimum Gasteiger partial charge on any atom is -0.459 e. The number of nitrogens with two attached hydrogens (primary N) is 1. The van der Waals surface area contributed by atoms with Gasteiger partial charge in [-0.25, -0.2) is 9.78 Å². The SMILES string of the molecule is Cc1ncn(CC(N)(C(=O)OC(C)(C)C)C2CC2)c1C. The third-order valence-electron chi connectivity index (χ3n) is 3.86. The lowest BCUT2D eigenvalue weighted by Gasteiger charge is -2.32. The van der Waals surface area contributed by atoms with E-state index in [2.05, 4.69) is 4.98 Å². The molecule has 0 spiro atoms. The van der Waals surface area contributed by atoms with Gasteiger partial charge >= 0.3 is 5.97 Å². The molecule has 1 atom stereocenters. The fraction of sp³-hybridized carbons (Fsp3) is 0.733. The number of hydrogen-bond donors (Lipinski definition) is 1. The first-order valence-electron chi connectivity index (χ1n) is 7.14. The van der Waals surface area contributed by atoms with Crippen LogP contribution in [0.25, 0.3) is 0 Å². The van der Waals surface area contributed by atoms with Crippen molar-refractivity contribution in [2.24, 2.45) is 11.7 Å². The highest BCUT2D eigenvalue weighted by Crippen LogP contribution is 2.40. The molecule has 1 heterocycles. The zero-order valence-electron chi connectivity index (χ0n) is 13.1. The van der Waals surface area contributed by atoms with Crippen molar-refractivity contribution < 1.29 is 9.53 Å². The van der Waals surface area contributed by atoms with Crippen molar-refractivity contribution in [3.63, 3.8) is 0 Å². The zero-order chi connectivity index (χ0) is 15.1. The van der Waals surface area contributed by atoms with Crippen LogP contribution in [0, 0.1) is 19.8 Å². The minimum absolute atomic E-state index is 0.208. The van der Waals surface area contributed by atoms with Gasteiger partial charge < -0.3 is 15.0 Å². The van der Waals surface area contributed by atoms with Gasteiger partial charge in [-0.05, 0) is 53.4 Å². The molecule has 1 unspecified atom stereocenters. The third-order valence-corrected chi connectivity index (χ3v) is 3.86. The van der Waals surface area contributed by atoms with Crippen LogP contribution in [-0.2, 0) is 16.1 Å². The molecule has 5 heteroatoms. The van der Waals surface area contributed by atoms with Gasteiger partial charge in [0.1, 0.15) is 11.1 Å². The molecule has 112 valence electrons. The Morgan fingerprint density at radius 2 is 2.05 bits per heavy atom. The molecular weight excluding hydrogens is 254 g/mol. The van der Waals surface area contributed by atoms with Gasteiger partial charge in [0.05, 0.1) is 18.6 Å². The zero-order valence-corrected chi connectivity index (χ0v) is 13.1. The maximum atomic E-state index is 12.5. The van der Waals surface area contributed by atoms with Crippen molar-refractivity contribution in [3.05, 3.63) is 17.7 Å². The Labute approximate surface area is 120 Å². The molecule has 1 saturated carbocycles. The van der Waals surface area contributed by atoms with E-state index in [0.717, 1.165) is 24.2 Å². The molecule has 5 nitrogen and oxygen atoms in total. The van der Waals surface area contributed by atoms with Gasteiger partial charge in [-0.1, -0.05) is 0 Å². The van der Waals surface area contributed by atoms with Crippen LogP contribution in [0.3, 0.4) is 0 Å². The second kappa shape index (κ2) is 4.88. The number of esters is 1. The summed E-state index contributed by atoms with van der Waals surface area (Å²) in [5.41, 5.74) is 6.98. The van der Waals surface area contributed by atoms with Crippen molar-refractivity contribution >= 4 is 5.97 Å². The number of carbonyl (C=O) groups excluding carboxylic acids is 1. The second-order valence-corrected chi connectivity index (χ2v) is 6.86. The monoisotopic (exact) mass is 279 g/mol. The van der Waals surface area contributed by atoms with Crippen molar-refractivity contribution in [1.82, 2.24) is 9.55 Å². The standard InChI is InChI=1S/C15H25N3O2/c1-10-11(2)18(9-17-10)8-15(16,12-6-7-12)13(19)20-14(3,4)5/h9,12H,6-8,16H2,1-5H3. The predicted octanol–water partition coefficient (Wildman–Crippen LogP) is 1.95. The Balaban J connectivity index is 2.22. The van der Waals surface area contributed by atoms with Gasteiger partial charge in [0.2, 0.25) is 0 Å². The lowest BCUT2D eigenvalue weighted by molar-refractivity contribution is -0.163. The highest BCUT2D eigenvalue weighted by Gasteiger charge is 2.50. The van der Waals surface area contributed by atoms with Crippen LogP contribution in [0.15, 0.2) is 6.33 Å². The first-order valence-corrected chi connectivity index (χ1v) is 7.14. The molecule has 0 radical (unpaired) electrons. The van der Waals surface area contributed by atoms with E-state index in [1.165, 1.54) is 0 Å². The Morgan fingerprint density at radius 1 is 1.45 bits per heavy atom. The van der Waals surface area contributed by atoms with Crippen molar-refractivity contribution in [2.75, 3.05) is 0 Å². The highest BCUT2D eigenvalue weighted by molar-refractivity contribution is 5.81. The number of imidazole rings is 1. The summed E-state index contributed by atoms with van der Waals surface area (Å²) in [6.45, 7) is 9.97. The number of aryl methyl sites for hydroxylation is 1. The molecular formula is C15H25N3O2. The van der Waals surface area contributed by atoms with Gasteiger partial charge in [-0.3, -0.25) is 0 Å². The van der Waals surface area contributed by atoms with E-state index >= 15 is 0 Å². The Bertz CT molecular complexity index is 512. The molecule has 1 fully saturated rings. The van der Waals surface area contributed by atoms with Crippen LogP contribution in [0.5, 0.6) is 0 Å². The first-order chi connectivity index (χ1) is 9.13. The van der Waals surface area contributed by atoms with Gasteiger partial charge in [-0.15, -0.1) is 0 Å². The second-order valence-electron chi connectivity index (χ2n) is 6.86. The number of aromatic nitrogens is 2. The highest BCUT2D eigenvalue weighted by atomic mass is 16.6. The van der Waals surface area contributed by atoms with Gasteiger partial charge in [0.15, 0.2) is 0 Å². The van der Waals surface area contributed by atoms with E-state index < -0.39 is 11.1 Å². The third kappa shape index (κ3) is 3.03. The van der Waals surface area contributed by atoms with Crippen LogP contribution >= 0.6 is 0 Å². The molecule has 0 amide bonds. The van der Waals surface area contributed by atoms with E-state index in [1.54, 1.807) is 6.33 Å². The summed E-state index contributed by atoms with van der Waals surface area (Å²) in [6, 6.07) is 0. The van der Waals surface area contributed by atoms with Crippen LogP contribution in [-0.4, -0.2) is 26.7 Å². The summed E-state index contributed by atoms with van der Waals surface area (Å²) in [4.78, 5) is 16.8. The Hall–Kier alpha value is -1.36. The van der Waals surface area contributed by atoms with Gasteiger partial charge in [0.25, 0.3) is 0 Å². The summed E-state index contributed by atoms with van der Waals surface area (Å²) < 4.78 is 7.48. The van der Waals surface area contributed by atoms with Crippen LogP contribution in [0.4, 0.5) is 0 Å². The molecule has 1 aliphatic rings. The normalized spacial score (nSPS) is 18.7. The van der Waals surface area contributed by atoms with Crippen molar-refractivity contribution in [1.29, 1.82) is 0 Å². The molecule has 1 aromatic rings. The predicted molar refractivity (Wildman–Crippen MR) is 77.2 cm³/mol. The first kappa shape index (κ1) is 15.0. The van der Waals surface area contributed by atoms with E-state index in [0.29, 0.717) is 6.54 Å². The molecule has 2 N–H and O–H groups in total. The Morgan fingerprint density at radius 3 is 2.45 bits per heavy atom. The van der Waals surface area contributed by atoms with Crippen LogP contribution < -0.4 is 5.73 Å². The van der Waals surface area contributed by atoms with Crippen LogP contribution in [0.2, 0.25) is 0 Å².